The Morgan fingerprint density at radius 3 is 2.73 bits per heavy atom. The Labute approximate surface area is 98.6 Å². The lowest BCUT2D eigenvalue weighted by Crippen LogP contribution is -2.38. The summed E-state index contributed by atoms with van der Waals surface area (Å²) in [4.78, 5) is 11.8. The van der Waals surface area contributed by atoms with Crippen LogP contribution in [-0.4, -0.2) is 17.3 Å². The molecule has 1 aromatic carbocycles. The molecule has 80 valence electrons. The first kappa shape index (κ1) is 10.8. The Kier molecular flexibility index (Phi) is 2.89. The summed E-state index contributed by atoms with van der Waals surface area (Å²) < 4.78 is 0. The van der Waals surface area contributed by atoms with Crippen molar-refractivity contribution >= 4 is 29.1 Å². The summed E-state index contributed by atoms with van der Waals surface area (Å²) in [6.07, 6.45) is 1.92. The Balaban J connectivity index is 2.08. The van der Waals surface area contributed by atoms with Crippen molar-refractivity contribution in [2.75, 3.05) is 5.88 Å². The number of carbonyl (C=O) groups is 1. The first-order valence-corrected chi connectivity index (χ1v) is 5.70. The van der Waals surface area contributed by atoms with Crippen LogP contribution in [0.3, 0.4) is 0 Å². The predicted octanol–water partition coefficient (Wildman–Crippen LogP) is 2.84. The van der Waals surface area contributed by atoms with Crippen molar-refractivity contribution in [2.45, 2.75) is 18.4 Å². The SMILES string of the molecule is O=C(NC1(CCl)CC1)c1cccc(Cl)c1. The molecule has 2 rings (SSSR count). The zero-order chi connectivity index (χ0) is 10.9. The van der Waals surface area contributed by atoms with Crippen LogP contribution in [0, 0.1) is 0 Å². The van der Waals surface area contributed by atoms with E-state index in [1.165, 1.54) is 0 Å². The van der Waals surface area contributed by atoms with Gasteiger partial charge in [-0.25, -0.2) is 0 Å². The first-order chi connectivity index (χ1) is 7.15. The molecule has 0 atom stereocenters. The Bertz CT molecular complexity index is 388. The second-order valence-corrected chi connectivity index (χ2v) is 4.58. The van der Waals surface area contributed by atoms with Crippen LogP contribution in [0.4, 0.5) is 0 Å². The molecule has 2 nitrogen and oxygen atoms in total. The lowest BCUT2D eigenvalue weighted by Gasteiger charge is -2.13. The third-order valence-electron chi connectivity index (χ3n) is 2.57. The second kappa shape index (κ2) is 4.03. The molecule has 0 spiro atoms. The Morgan fingerprint density at radius 1 is 1.47 bits per heavy atom. The predicted molar refractivity (Wildman–Crippen MR) is 61.6 cm³/mol. The summed E-state index contributed by atoms with van der Waals surface area (Å²) in [5.41, 5.74) is 0.417. The smallest absolute Gasteiger partial charge is 0.251 e. The van der Waals surface area contributed by atoms with Crippen molar-refractivity contribution in [3.05, 3.63) is 34.9 Å². The molecule has 1 aromatic rings. The van der Waals surface area contributed by atoms with Crippen LogP contribution >= 0.6 is 23.2 Å². The first-order valence-electron chi connectivity index (χ1n) is 4.79. The van der Waals surface area contributed by atoms with Crippen molar-refractivity contribution in [1.82, 2.24) is 5.32 Å². The highest BCUT2D eigenvalue weighted by atomic mass is 35.5. The minimum absolute atomic E-state index is 0.101. The number of nitrogens with one attached hydrogen (secondary N) is 1. The van der Waals surface area contributed by atoms with Crippen LogP contribution in [0.15, 0.2) is 24.3 Å². The third kappa shape index (κ3) is 2.44. The number of halogens is 2. The van der Waals surface area contributed by atoms with Gasteiger partial charge in [0.2, 0.25) is 0 Å². The lowest BCUT2D eigenvalue weighted by atomic mass is 10.2. The highest BCUT2D eigenvalue weighted by molar-refractivity contribution is 6.31. The van der Waals surface area contributed by atoms with E-state index in [0.717, 1.165) is 12.8 Å². The van der Waals surface area contributed by atoms with Crippen LogP contribution in [0.2, 0.25) is 5.02 Å². The van der Waals surface area contributed by atoms with E-state index in [1.807, 2.05) is 0 Å². The number of alkyl halides is 1. The van der Waals surface area contributed by atoms with Gasteiger partial charge in [-0.1, -0.05) is 17.7 Å². The van der Waals surface area contributed by atoms with E-state index < -0.39 is 0 Å². The van der Waals surface area contributed by atoms with Crippen LogP contribution in [0.1, 0.15) is 23.2 Å². The van der Waals surface area contributed by atoms with Gasteiger partial charge < -0.3 is 5.32 Å². The van der Waals surface area contributed by atoms with Crippen LogP contribution < -0.4 is 5.32 Å². The number of amides is 1. The molecular weight excluding hydrogens is 233 g/mol. The van der Waals surface area contributed by atoms with Crippen LogP contribution in [0.25, 0.3) is 0 Å². The molecule has 0 aliphatic heterocycles. The average Bonchev–Trinajstić information content (AvgIpc) is 2.98. The van der Waals surface area contributed by atoms with Gasteiger partial charge in [0.05, 0.1) is 5.54 Å². The van der Waals surface area contributed by atoms with Gasteiger partial charge in [0.15, 0.2) is 0 Å². The van der Waals surface area contributed by atoms with Gasteiger partial charge in [-0.05, 0) is 31.0 Å². The molecule has 15 heavy (non-hydrogen) atoms. The molecule has 1 fully saturated rings. The van der Waals surface area contributed by atoms with Crippen molar-refractivity contribution < 1.29 is 4.79 Å². The number of hydrogen-bond acceptors (Lipinski definition) is 1. The van der Waals surface area contributed by atoms with E-state index in [2.05, 4.69) is 5.32 Å². The van der Waals surface area contributed by atoms with E-state index in [-0.39, 0.29) is 11.4 Å². The maximum absolute atomic E-state index is 11.8. The number of rotatable bonds is 3. The topological polar surface area (TPSA) is 29.1 Å². The standard InChI is InChI=1S/C11H11Cl2NO/c12-7-11(4-5-11)14-10(15)8-2-1-3-9(13)6-8/h1-3,6H,4-5,7H2,(H,14,15). The van der Waals surface area contributed by atoms with E-state index in [0.29, 0.717) is 16.5 Å². The fraction of sp³-hybridized carbons (Fsp3) is 0.364. The molecule has 1 saturated carbocycles. The van der Waals surface area contributed by atoms with Crippen molar-refractivity contribution in [1.29, 1.82) is 0 Å². The van der Waals surface area contributed by atoms with E-state index >= 15 is 0 Å². The lowest BCUT2D eigenvalue weighted by molar-refractivity contribution is 0.0936. The van der Waals surface area contributed by atoms with Crippen LogP contribution in [0.5, 0.6) is 0 Å². The summed E-state index contributed by atoms with van der Waals surface area (Å²) in [5, 5.41) is 3.50. The summed E-state index contributed by atoms with van der Waals surface area (Å²) in [6.45, 7) is 0. The monoisotopic (exact) mass is 243 g/mol. The quantitative estimate of drug-likeness (QED) is 0.814. The van der Waals surface area contributed by atoms with Crippen molar-refractivity contribution in [3.8, 4) is 0 Å². The molecule has 1 amide bonds. The van der Waals surface area contributed by atoms with E-state index in [1.54, 1.807) is 24.3 Å². The van der Waals surface area contributed by atoms with Gasteiger partial charge in [0.25, 0.3) is 5.91 Å². The second-order valence-electron chi connectivity index (χ2n) is 3.88. The maximum Gasteiger partial charge on any atom is 0.251 e. The highest BCUT2D eigenvalue weighted by Gasteiger charge is 2.43. The largest absolute Gasteiger partial charge is 0.345 e. The third-order valence-corrected chi connectivity index (χ3v) is 3.32. The summed E-state index contributed by atoms with van der Waals surface area (Å²) in [5.74, 6) is 0.370. The number of hydrogen-bond donors (Lipinski definition) is 1. The molecule has 1 aliphatic rings. The molecule has 0 bridgehead atoms. The normalized spacial score (nSPS) is 17.2. The molecular formula is C11H11Cl2NO. The zero-order valence-electron chi connectivity index (χ0n) is 8.09. The van der Waals surface area contributed by atoms with Crippen molar-refractivity contribution in [3.63, 3.8) is 0 Å². The molecule has 0 radical (unpaired) electrons. The minimum Gasteiger partial charge on any atom is -0.345 e. The van der Waals surface area contributed by atoms with Crippen molar-refractivity contribution in [2.24, 2.45) is 0 Å². The van der Waals surface area contributed by atoms with E-state index in [9.17, 15) is 4.79 Å². The summed E-state index contributed by atoms with van der Waals surface area (Å²) in [6, 6.07) is 6.90. The number of benzene rings is 1. The molecule has 1 N–H and O–H groups in total. The van der Waals surface area contributed by atoms with Gasteiger partial charge >= 0.3 is 0 Å². The fourth-order valence-corrected chi connectivity index (χ4v) is 1.91. The number of carbonyl (C=O) groups excluding carboxylic acids is 1. The Morgan fingerprint density at radius 2 is 2.20 bits per heavy atom. The van der Waals surface area contributed by atoms with Crippen LogP contribution in [-0.2, 0) is 0 Å². The summed E-state index contributed by atoms with van der Waals surface area (Å²) in [7, 11) is 0. The minimum atomic E-state index is -0.166. The molecule has 0 unspecified atom stereocenters. The fourth-order valence-electron chi connectivity index (χ4n) is 1.39. The van der Waals surface area contributed by atoms with Gasteiger partial charge in [0.1, 0.15) is 0 Å². The summed E-state index contributed by atoms with van der Waals surface area (Å²) >= 11 is 11.6. The van der Waals surface area contributed by atoms with Gasteiger partial charge in [-0.3, -0.25) is 4.79 Å². The van der Waals surface area contributed by atoms with Gasteiger partial charge in [0, 0.05) is 16.5 Å². The van der Waals surface area contributed by atoms with E-state index in [4.69, 9.17) is 23.2 Å². The molecule has 1 aliphatic carbocycles. The molecule has 0 heterocycles. The van der Waals surface area contributed by atoms with Gasteiger partial charge in [-0.15, -0.1) is 11.6 Å². The molecule has 0 aromatic heterocycles. The Hall–Kier alpha value is -0.730. The average molecular weight is 244 g/mol. The zero-order valence-corrected chi connectivity index (χ0v) is 9.61. The van der Waals surface area contributed by atoms with Gasteiger partial charge in [-0.2, -0.15) is 0 Å². The molecule has 4 heteroatoms. The maximum atomic E-state index is 11.8. The molecule has 0 saturated heterocycles. The highest BCUT2D eigenvalue weighted by Crippen LogP contribution is 2.36.